The fourth-order valence-electron chi connectivity index (χ4n) is 13.8. The number of nitrogens with zero attached hydrogens (tertiary/aromatic N) is 12. The quantitative estimate of drug-likeness (QED) is 0.0458. The molecule has 33 heteroatoms. The first-order valence-electron chi connectivity index (χ1n) is 37.2. The highest BCUT2D eigenvalue weighted by Gasteiger charge is 2.32. The normalized spacial score (nSPS) is 13.1. The molecule has 0 spiro atoms. The summed E-state index contributed by atoms with van der Waals surface area (Å²) in [6.45, 7) is 9.81. The third kappa shape index (κ3) is 20.0. The minimum absolute atomic E-state index is 0. The smallest absolute Gasteiger partial charge is 0.341 e. The van der Waals surface area contributed by atoms with Crippen molar-refractivity contribution < 1.29 is 66.5 Å². The van der Waals surface area contributed by atoms with Gasteiger partial charge < -0.3 is 54.2 Å². The van der Waals surface area contributed by atoms with E-state index in [1.165, 1.54) is 55.8 Å². The van der Waals surface area contributed by atoms with Gasteiger partial charge in [-0.05, 0) is 152 Å². The van der Waals surface area contributed by atoms with E-state index in [2.05, 4.69) is 35.4 Å². The average molecular weight is 1660 g/mol. The minimum Gasteiger partial charge on any atom is -0.497 e. The molecule has 29 nitrogen and oxygen atoms in total. The van der Waals surface area contributed by atoms with Crippen LogP contribution in [0.4, 0.5) is 53.6 Å². The lowest BCUT2D eigenvalue weighted by molar-refractivity contribution is -0.383. The summed E-state index contributed by atoms with van der Waals surface area (Å²) in [4.78, 5) is 133. The van der Waals surface area contributed by atoms with Crippen LogP contribution < -0.4 is 34.8 Å². The van der Waals surface area contributed by atoms with Crippen molar-refractivity contribution in [1.82, 2.24) is 29.7 Å². The van der Waals surface area contributed by atoms with Crippen molar-refractivity contribution in [3.63, 3.8) is 0 Å². The number of methoxy groups -OCH3 is 2. The molecule has 4 aromatic heterocycles. The molecule has 0 unspecified atom stereocenters. The van der Waals surface area contributed by atoms with Gasteiger partial charge in [0.1, 0.15) is 44.7 Å². The van der Waals surface area contributed by atoms with Crippen LogP contribution in [-0.4, -0.2) is 179 Å². The molecule has 3 aliphatic heterocycles. The third-order valence-corrected chi connectivity index (χ3v) is 21.2. The number of aromatic nitrogens is 3. The number of anilines is 5. The van der Waals surface area contributed by atoms with Crippen molar-refractivity contribution in [2.75, 3.05) is 125 Å². The molecule has 2 N–H and O–H groups in total. The van der Waals surface area contributed by atoms with Gasteiger partial charge >= 0.3 is 5.97 Å². The molecule has 5 amide bonds. The molecule has 0 aliphatic carbocycles. The molecule has 12 aromatic rings. The van der Waals surface area contributed by atoms with Gasteiger partial charge in [-0.1, -0.05) is 67.6 Å². The number of carbonyl (C=O) groups is 6. The Kier molecular flexibility index (Phi) is 28.4. The molecule has 0 atom stereocenters. The maximum absolute atomic E-state index is 13.9. The van der Waals surface area contributed by atoms with Crippen LogP contribution in [0.5, 0.6) is 11.5 Å². The van der Waals surface area contributed by atoms with E-state index in [4.69, 9.17) is 25.8 Å². The van der Waals surface area contributed by atoms with Crippen molar-refractivity contribution in [3.05, 3.63) is 298 Å². The number of para-hydroxylation sites is 2. The van der Waals surface area contributed by atoms with E-state index in [1.54, 1.807) is 183 Å². The average Bonchev–Trinajstić information content (AvgIpc) is 1.55. The summed E-state index contributed by atoms with van der Waals surface area (Å²) >= 11 is 6.91. The highest BCUT2D eigenvalue weighted by molar-refractivity contribution is 7.19. The number of piperazine rings is 3. The number of fused-ring (bicyclic) bond motifs is 3. The second kappa shape index (κ2) is 39.5. The molecule has 3 fully saturated rings. The van der Waals surface area contributed by atoms with Gasteiger partial charge in [0.25, 0.3) is 40.7 Å². The van der Waals surface area contributed by atoms with Crippen LogP contribution in [0.15, 0.2) is 213 Å². The number of rotatable bonds is 18. The number of thiophene rings is 1. The monoisotopic (exact) mass is 1650 g/mol. The number of nitro benzene ring substituents is 3. The van der Waals surface area contributed by atoms with Crippen molar-refractivity contribution in [3.8, 4) is 11.5 Å². The number of nitrogens with one attached hydrogen (secondary N) is 2. The highest BCUT2D eigenvalue weighted by atomic mass is 35.5. The van der Waals surface area contributed by atoms with Crippen molar-refractivity contribution >= 4 is 136 Å². The molecule has 0 saturated carbocycles. The van der Waals surface area contributed by atoms with Gasteiger partial charge in [-0.25, -0.2) is 23.5 Å². The van der Waals surface area contributed by atoms with E-state index in [0.29, 0.717) is 139 Å². The van der Waals surface area contributed by atoms with Crippen LogP contribution in [0.25, 0.3) is 32.7 Å². The summed E-state index contributed by atoms with van der Waals surface area (Å²) in [5, 5.41) is 42.2. The second-order valence-electron chi connectivity index (χ2n) is 26.8. The molecule has 119 heavy (non-hydrogen) atoms. The number of halogens is 3. The largest absolute Gasteiger partial charge is 0.497 e. The van der Waals surface area contributed by atoms with Gasteiger partial charge in [-0.15, -0.1) is 11.3 Å². The summed E-state index contributed by atoms with van der Waals surface area (Å²) in [6.07, 6.45) is 4.78. The van der Waals surface area contributed by atoms with Crippen molar-refractivity contribution in [2.45, 2.75) is 27.7 Å². The van der Waals surface area contributed by atoms with Gasteiger partial charge in [0.05, 0.1) is 80.3 Å². The van der Waals surface area contributed by atoms with Gasteiger partial charge in [0.15, 0.2) is 0 Å². The first kappa shape index (κ1) is 85.7. The first-order valence-corrected chi connectivity index (χ1v) is 38.3. The Morgan fingerprint density at radius 2 is 0.941 bits per heavy atom. The van der Waals surface area contributed by atoms with E-state index in [0.717, 1.165) is 39.3 Å². The van der Waals surface area contributed by atoms with E-state index < -0.39 is 38.3 Å². The Bertz CT molecular complexity index is 5600. The van der Waals surface area contributed by atoms with Gasteiger partial charge in [-0.2, -0.15) is 0 Å². The number of non-ortho nitro benzene ring substituents is 3. The van der Waals surface area contributed by atoms with Crippen LogP contribution in [0.3, 0.4) is 0 Å². The first-order chi connectivity index (χ1) is 57.0. The Morgan fingerprint density at radius 1 is 0.496 bits per heavy atom. The minimum atomic E-state index is -0.604. The molecule has 15 rings (SSSR count). The molecule has 3 saturated heterocycles. The lowest BCUT2D eigenvalue weighted by Crippen LogP contribution is -2.49. The Balaban J connectivity index is 0.000000155. The predicted molar refractivity (Wildman–Crippen MR) is 452 cm³/mol. The summed E-state index contributed by atoms with van der Waals surface area (Å²) in [5.74, 6) is -1.89. The molecule has 8 aromatic carbocycles. The van der Waals surface area contributed by atoms with E-state index in [-0.39, 0.29) is 87.7 Å². The number of hydrogen-bond acceptors (Lipinski definition) is 22. The molecule has 7 heterocycles. The Labute approximate surface area is 690 Å². The fourth-order valence-corrected chi connectivity index (χ4v) is 15.1. The van der Waals surface area contributed by atoms with Gasteiger partial charge in [0.2, 0.25) is 5.91 Å². The maximum atomic E-state index is 13.9. The molecule has 612 valence electrons. The highest BCUT2D eigenvalue weighted by Crippen LogP contribution is 2.39. The second-order valence-corrected chi connectivity index (χ2v) is 28.3. The number of amides is 5. The third-order valence-electron chi connectivity index (χ3n) is 19.8. The van der Waals surface area contributed by atoms with Crippen LogP contribution in [0.1, 0.15) is 76.6 Å². The predicted octanol–water partition coefficient (Wildman–Crippen LogP) is 15.6. The summed E-state index contributed by atoms with van der Waals surface area (Å²) in [7, 11) is 3.08. The number of hydrogen-bond donors (Lipinski definition) is 2. The Morgan fingerprint density at radius 3 is 1.42 bits per heavy atom. The summed E-state index contributed by atoms with van der Waals surface area (Å²) < 4.78 is 43.4. The molecule has 0 bridgehead atoms. The lowest BCUT2D eigenvalue weighted by Gasteiger charge is -2.36. The standard InChI is InChI=1S/C25H26N2O6S.C20H17ClN4O3.2C20H17FN4O3.CH4/c1-5-33-25(30)21-15(2)22(23(29)26-18-8-6-7-9-19(18)32-4)34-24(21)27-20(28)14-16-10-12-17(31-3)13-11-16;21-15-5-3-14(4-6-15)20(26)24-12-10-23(11-13-24)17-7-8-18(25(27)28)19-16(17)2-1-9-22-19;21-16-6-2-1-4-14(16)20(26)24-12-10-23(11-13-24)18-8-7-17(25(27)28)15-5-3-9-22-19(15)18;21-16-6-2-1-4-14(16)20(26)24-12-10-23(11-13-24)17-7-8-18(25(27)28)19-15(17)5-3-9-22-19;/h6-13H,5,14H2,1-4H3,(H,26,29)(H,27,28);3*1-9H,10-13H2;1H4. The van der Waals surface area contributed by atoms with Crippen LogP contribution in [-0.2, 0) is 16.0 Å². The van der Waals surface area contributed by atoms with E-state index in [1.807, 2.05) is 21.9 Å². The van der Waals surface area contributed by atoms with Crippen molar-refractivity contribution in [1.29, 1.82) is 0 Å². The number of esters is 1. The van der Waals surface area contributed by atoms with E-state index in [9.17, 15) is 67.9 Å². The molecular formula is C86H81ClF2N14O15S. The lowest BCUT2D eigenvalue weighted by atomic mass is 10.1. The number of ether oxygens (including phenoxy) is 3. The summed E-state index contributed by atoms with van der Waals surface area (Å²) in [6, 6.07) is 53.0. The van der Waals surface area contributed by atoms with Crippen molar-refractivity contribution in [2.24, 2.45) is 0 Å². The number of nitro groups is 3. The Hall–Kier alpha value is -14.1. The number of carbonyl (C=O) groups excluding carboxylic acids is 6. The topological polar surface area (TPSA) is 342 Å². The molecular weight excluding hydrogens is 1570 g/mol. The number of benzene rings is 8. The number of pyridine rings is 3. The van der Waals surface area contributed by atoms with E-state index >= 15 is 0 Å². The van der Waals surface area contributed by atoms with Gasteiger partial charge in [0, 0.05) is 148 Å². The SMILES string of the molecule is C.CCOC(=O)c1c(NC(=O)Cc2ccc(OC)cc2)sc(C(=O)Nc2ccccc2OC)c1C.O=C(c1ccc(Cl)cc1)N1CCN(c2ccc([N+](=O)[O-])c3ncccc23)CC1.O=C(c1ccccc1F)N1CCN(c2ccc([N+](=O)[O-])c3cccnc23)CC1.O=C(c1ccccc1F)N1CCN(c2ccc([N+](=O)[O-])c3ncccc23)CC1. The van der Waals surface area contributed by atoms with Crippen LogP contribution in [0.2, 0.25) is 5.02 Å². The maximum Gasteiger partial charge on any atom is 0.341 e. The zero-order valence-electron chi connectivity index (χ0n) is 64.1. The van der Waals surface area contributed by atoms with Gasteiger partial charge in [-0.3, -0.25) is 59.3 Å². The summed E-state index contributed by atoms with van der Waals surface area (Å²) in [5.41, 5.74) is 6.40. The fraction of sp³-hybridized carbons (Fsp3) is 0.221. The van der Waals surface area contributed by atoms with Crippen LogP contribution >= 0.6 is 22.9 Å². The molecule has 0 radical (unpaired) electrons. The van der Waals surface area contributed by atoms with Crippen LogP contribution in [0, 0.1) is 48.9 Å². The zero-order chi connectivity index (χ0) is 83.7. The molecule has 3 aliphatic rings. The zero-order valence-corrected chi connectivity index (χ0v) is 65.7.